The fourth-order valence-electron chi connectivity index (χ4n) is 2.17. The summed E-state index contributed by atoms with van der Waals surface area (Å²) in [6.07, 6.45) is 1.11. The van der Waals surface area contributed by atoms with Gasteiger partial charge in [-0.15, -0.1) is 12.4 Å². The number of thioether (sulfide) groups is 1. The third-order valence-electron chi connectivity index (χ3n) is 3.33. The summed E-state index contributed by atoms with van der Waals surface area (Å²) < 4.78 is 0. The molecule has 5 heteroatoms. The van der Waals surface area contributed by atoms with Crippen molar-refractivity contribution in [2.24, 2.45) is 5.73 Å². The lowest BCUT2D eigenvalue weighted by Crippen LogP contribution is -2.45. The highest BCUT2D eigenvalue weighted by molar-refractivity contribution is 8.00. The number of hydrogen-bond donors (Lipinski definition) is 1. The largest absolute Gasteiger partial charge is 0.339 e. The van der Waals surface area contributed by atoms with Crippen LogP contribution in [0.3, 0.4) is 0 Å². The van der Waals surface area contributed by atoms with E-state index in [-0.39, 0.29) is 18.3 Å². The molecule has 106 valence electrons. The van der Waals surface area contributed by atoms with Gasteiger partial charge in [0.1, 0.15) is 6.04 Å². The predicted octanol–water partition coefficient (Wildman–Crippen LogP) is 2.46. The predicted molar refractivity (Wildman–Crippen MR) is 83.7 cm³/mol. The van der Waals surface area contributed by atoms with E-state index >= 15 is 0 Å². The molecule has 1 aromatic carbocycles. The minimum absolute atomic E-state index is 0. The van der Waals surface area contributed by atoms with E-state index in [0.717, 1.165) is 30.8 Å². The summed E-state index contributed by atoms with van der Waals surface area (Å²) in [5.74, 6) is 1.08. The molecule has 0 aliphatic carbocycles. The molecule has 1 aromatic rings. The number of nitrogens with zero attached hydrogens (tertiary/aromatic N) is 1. The second kappa shape index (κ2) is 7.78. The average Bonchev–Trinajstić information content (AvgIpc) is 2.46. The van der Waals surface area contributed by atoms with E-state index in [1.165, 1.54) is 0 Å². The maximum Gasteiger partial charge on any atom is 0.244 e. The van der Waals surface area contributed by atoms with Crippen molar-refractivity contribution in [3.05, 3.63) is 35.9 Å². The van der Waals surface area contributed by atoms with Gasteiger partial charge in [-0.05, 0) is 12.0 Å². The van der Waals surface area contributed by atoms with Crippen LogP contribution < -0.4 is 5.73 Å². The number of nitrogens with two attached hydrogens (primary N) is 1. The smallest absolute Gasteiger partial charge is 0.244 e. The van der Waals surface area contributed by atoms with Gasteiger partial charge in [-0.3, -0.25) is 4.79 Å². The van der Waals surface area contributed by atoms with E-state index in [9.17, 15) is 4.79 Å². The summed E-state index contributed by atoms with van der Waals surface area (Å²) in [5.41, 5.74) is 6.96. The molecule has 0 saturated carbocycles. The molecule has 3 nitrogen and oxygen atoms in total. The molecular weight excluding hydrogens is 280 g/mol. The van der Waals surface area contributed by atoms with Crippen LogP contribution in [0.5, 0.6) is 0 Å². The van der Waals surface area contributed by atoms with Gasteiger partial charge < -0.3 is 10.6 Å². The molecule has 1 saturated heterocycles. The third kappa shape index (κ3) is 4.13. The first kappa shape index (κ1) is 16.3. The van der Waals surface area contributed by atoms with E-state index in [2.05, 4.69) is 6.92 Å². The van der Waals surface area contributed by atoms with Gasteiger partial charge in [0, 0.05) is 24.1 Å². The zero-order chi connectivity index (χ0) is 13.0. The lowest BCUT2D eigenvalue weighted by molar-refractivity contribution is -0.132. The minimum atomic E-state index is -0.521. The quantitative estimate of drug-likeness (QED) is 0.933. The summed E-state index contributed by atoms with van der Waals surface area (Å²) in [6.45, 7) is 3.82. The lowest BCUT2D eigenvalue weighted by Gasteiger charge is -2.33. The normalized spacial score (nSPS) is 20.5. The van der Waals surface area contributed by atoms with Crippen LogP contribution in [-0.4, -0.2) is 34.9 Å². The van der Waals surface area contributed by atoms with Crippen LogP contribution >= 0.6 is 24.2 Å². The van der Waals surface area contributed by atoms with Crippen molar-refractivity contribution in [1.82, 2.24) is 4.90 Å². The van der Waals surface area contributed by atoms with Crippen molar-refractivity contribution in [3.8, 4) is 0 Å². The SMILES string of the molecule is CCC1CN(C(=O)C(N)c2ccccc2)CCS1.Cl. The molecule has 19 heavy (non-hydrogen) atoms. The Hall–Kier alpha value is -0.710. The third-order valence-corrected chi connectivity index (χ3v) is 4.70. The monoisotopic (exact) mass is 300 g/mol. The molecule has 2 rings (SSSR count). The Kier molecular flexibility index (Phi) is 6.69. The number of rotatable bonds is 3. The molecule has 1 aliphatic rings. The minimum Gasteiger partial charge on any atom is -0.339 e. The van der Waals surface area contributed by atoms with Crippen LogP contribution in [0.15, 0.2) is 30.3 Å². The van der Waals surface area contributed by atoms with E-state index < -0.39 is 6.04 Å². The van der Waals surface area contributed by atoms with Gasteiger partial charge >= 0.3 is 0 Å². The van der Waals surface area contributed by atoms with Crippen molar-refractivity contribution >= 4 is 30.1 Å². The zero-order valence-corrected chi connectivity index (χ0v) is 12.8. The van der Waals surface area contributed by atoms with E-state index in [0.29, 0.717) is 5.25 Å². The molecule has 0 spiro atoms. The fourth-order valence-corrected chi connectivity index (χ4v) is 3.35. The van der Waals surface area contributed by atoms with Crippen LogP contribution in [0.2, 0.25) is 0 Å². The van der Waals surface area contributed by atoms with Crippen LogP contribution in [-0.2, 0) is 4.79 Å². The van der Waals surface area contributed by atoms with Crippen molar-refractivity contribution in [2.45, 2.75) is 24.6 Å². The summed E-state index contributed by atoms with van der Waals surface area (Å²) in [7, 11) is 0. The maximum absolute atomic E-state index is 12.4. The van der Waals surface area contributed by atoms with E-state index in [1.807, 2.05) is 47.0 Å². The van der Waals surface area contributed by atoms with Crippen molar-refractivity contribution < 1.29 is 4.79 Å². The van der Waals surface area contributed by atoms with Crippen LogP contribution in [0.1, 0.15) is 24.9 Å². The summed E-state index contributed by atoms with van der Waals surface area (Å²) in [6, 6.07) is 9.08. The second-order valence-electron chi connectivity index (χ2n) is 4.57. The molecule has 2 atom stereocenters. The van der Waals surface area contributed by atoms with Gasteiger partial charge in [0.2, 0.25) is 5.91 Å². The van der Waals surface area contributed by atoms with Crippen LogP contribution in [0.4, 0.5) is 0 Å². The maximum atomic E-state index is 12.4. The van der Waals surface area contributed by atoms with Crippen LogP contribution in [0.25, 0.3) is 0 Å². The number of carbonyl (C=O) groups is 1. The second-order valence-corrected chi connectivity index (χ2v) is 5.98. The van der Waals surface area contributed by atoms with E-state index in [1.54, 1.807) is 0 Å². The number of hydrogen-bond acceptors (Lipinski definition) is 3. The van der Waals surface area contributed by atoms with E-state index in [4.69, 9.17) is 5.73 Å². The summed E-state index contributed by atoms with van der Waals surface area (Å²) in [5, 5.41) is 0.561. The molecule has 1 heterocycles. The molecule has 1 aliphatic heterocycles. The first-order valence-corrected chi connectivity index (χ1v) is 7.48. The standard InChI is InChI=1S/C14H20N2OS.ClH/c1-2-12-10-16(8-9-18-12)14(17)13(15)11-6-4-3-5-7-11;/h3-7,12-13H,2,8-10,15H2,1H3;1H. The van der Waals surface area contributed by atoms with Crippen molar-refractivity contribution in [3.63, 3.8) is 0 Å². The van der Waals surface area contributed by atoms with Crippen molar-refractivity contribution in [1.29, 1.82) is 0 Å². The Balaban J connectivity index is 0.00000180. The van der Waals surface area contributed by atoms with Crippen LogP contribution in [0, 0.1) is 0 Å². The summed E-state index contributed by atoms with van der Waals surface area (Å²) >= 11 is 1.96. The highest BCUT2D eigenvalue weighted by Crippen LogP contribution is 2.23. The highest BCUT2D eigenvalue weighted by atomic mass is 35.5. The first-order chi connectivity index (χ1) is 8.72. The number of halogens is 1. The zero-order valence-electron chi connectivity index (χ0n) is 11.1. The van der Waals surface area contributed by atoms with Gasteiger partial charge in [0.05, 0.1) is 0 Å². The highest BCUT2D eigenvalue weighted by Gasteiger charge is 2.27. The fraction of sp³-hybridized carbons (Fsp3) is 0.500. The Morgan fingerprint density at radius 3 is 2.79 bits per heavy atom. The number of benzene rings is 1. The number of amides is 1. The topological polar surface area (TPSA) is 46.3 Å². The molecule has 2 N–H and O–H groups in total. The Bertz CT molecular complexity index is 402. The van der Waals surface area contributed by atoms with Gasteiger partial charge in [0.15, 0.2) is 0 Å². The molecule has 1 amide bonds. The lowest BCUT2D eigenvalue weighted by atomic mass is 10.1. The average molecular weight is 301 g/mol. The number of carbonyl (C=O) groups excluding carboxylic acids is 1. The molecule has 0 aromatic heterocycles. The van der Waals surface area contributed by atoms with Gasteiger partial charge in [0.25, 0.3) is 0 Å². The molecular formula is C14H21ClN2OS. The Morgan fingerprint density at radius 2 is 2.16 bits per heavy atom. The van der Waals surface area contributed by atoms with Crippen molar-refractivity contribution in [2.75, 3.05) is 18.8 Å². The molecule has 2 unspecified atom stereocenters. The van der Waals surface area contributed by atoms with Gasteiger partial charge in [-0.25, -0.2) is 0 Å². The summed E-state index contributed by atoms with van der Waals surface area (Å²) in [4.78, 5) is 14.3. The Labute approximate surface area is 125 Å². The molecule has 1 fully saturated rings. The molecule has 0 bridgehead atoms. The molecule has 0 radical (unpaired) electrons. The first-order valence-electron chi connectivity index (χ1n) is 6.43. The Morgan fingerprint density at radius 1 is 1.47 bits per heavy atom. The van der Waals surface area contributed by atoms with Gasteiger partial charge in [-0.1, -0.05) is 37.3 Å². The van der Waals surface area contributed by atoms with Gasteiger partial charge in [-0.2, -0.15) is 11.8 Å².